The summed E-state index contributed by atoms with van der Waals surface area (Å²) >= 11 is 5.60. The lowest BCUT2D eigenvalue weighted by atomic mass is 10.1. The minimum Gasteiger partial charge on any atom is -0.326 e. The van der Waals surface area contributed by atoms with E-state index >= 15 is 0 Å². The van der Waals surface area contributed by atoms with Gasteiger partial charge in [-0.1, -0.05) is 41.9 Å². The lowest BCUT2D eigenvalue weighted by Crippen LogP contribution is -2.24. The molecule has 0 saturated carbocycles. The van der Waals surface area contributed by atoms with Crippen LogP contribution in [0, 0.1) is 6.92 Å². The van der Waals surface area contributed by atoms with E-state index in [1.165, 1.54) is 10.7 Å². The van der Waals surface area contributed by atoms with Crippen molar-refractivity contribution in [3.05, 3.63) is 64.8 Å². The lowest BCUT2D eigenvalue weighted by molar-refractivity contribution is -0.137. The number of halogens is 4. The molecular formula is C21H16ClF3N4O2. The van der Waals surface area contributed by atoms with Gasteiger partial charge in [0.1, 0.15) is 11.9 Å². The molecule has 0 bridgehead atoms. The van der Waals surface area contributed by atoms with Gasteiger partial charge in [-0.05, 0) is 30.7 Å². The minimum absolute atomic E-state index is 0.0676. The Hall–Kier alpha value is -3.33. The Morgan fingerprint density at radius 2 is 1.94 bits per heavy atom. The monoisotopic (exact) mass is 448 g/mol. The van der Waals surface area contributed by atoms with Gasteiger partial charge in [0.2, 0.25) is 5.91 Å². The molecule has 1 aromatic heterocycles. The highest BCUT2D eigenvalue weighted by molar-refractivity contribution is 6.31. The van der Waals surface area contributed by atoms with Crippen LogP contribution in [0.25, 0.3) is 11.1 Å². The zero-order chi connectivity index (χ0) is 22.3. The largest absolute Gasteiger partial charge is 0.417 e. The molecule has 2 heterocycles. The van der Waals surface area contributed by atoms with E-state index in [-0.39, 0.29) is 12.1 Å². The van der Waals surface area contributed by atoms with E-state index in [9.17, 15) is 22.8 Å². The Labute approximate surface area is 180 Å². The van der Waals surface area contributed by atoms with E-state index in [0.717, 1.165) is 23.3 Å². The van der Waals surface area contributed by atoms with Gasteiger partial charge in [0.05, 0.1) is 22.7 Å². The lowest BCUT2D eigenvalue weighted by Gasteiger charge is -2.13. The number of carbonyl (C=O) groups excluding carboxylic acids is 2. The number of amides is 2. The molecule has 10 heteroatoms. The van der Waals surface area contributed by atoms with Gasteiger partial charge in [0.25, 0.3) is 5.91 Å². The van der Waals surface area contributed by atoms with Crippen molar-refractivity contribution in [2.45, 2.75) is 25.6 Å². The van der Waals surface area contributed by atoms with Gasteiger partial charge in [-0.2, -0.15) is 18.3 Å². The molecule has 0 fully saturated rings. The second kappa shape index (κ2) is 7.73. The summed E-state index contributed by atoms with van der Waals surface area (Å²) in [6, 6.07) is 11.5. The van der Waals surface area contributed by atoms with Crippen molar-refractivity contribution in [2.75, 3.05) is 10.6 Å². The van der Waals surface area contributed by atoms with Crippen LogP contribution in [-0.2, 0) is 15.8 Å². The van der Waals surface area contributed by atoms with Crippen LogP contribution in [-0.4, -0.2) is 21.6 Å². The van der Waals surface area contributed by atoms with Gasteiger partial charge in [0, 0.05) is 11.3 Å². The molecule has 6 nitrogen and oxygen atoms in total. The van der Waals surface area contributed by atoms with E-state index in [1.807, 2.05) is 30.3 Å². The van der Waals surface area contributed by atoms with E-state index < -0.39 is 34.6 Å². The van der Waals surface area contributed by atoms with Crippen LogP contribution in [0.4, 0.5) is 24.7 Å². The molecule has 1 aliphatic rings. The number of alkyl halides is 3. The van der Waals surface area contributed by atoms with Crippen molar-refractivity contribution >= 4 is 34.9 Å². The van der Waals surface area contributed by atoms with Crippen LogP contribution in [0.1, 0.15) is 23.7 Å². The molecule has 4 rings (SSSR count). The summed E-state index contributed by atoms with van der Waals surface area (Å²) in [5.41, 5.74) is 1.18. The molecule has 3 aromatic rings. The summed E-state index contributed by atoms with van der Waals surface area (Å²) < 4.78 is 40.5. The topological polar surface area (TPSA) is 76.0 Å². The number of benzene rings is 2. The molecular weight excluding hydrogens is 433 g/mol. The first-order valence-corrected chi connectivity index (χ1v) is 9.65. The van der Waals surface area contributed by atoms with E-state index in [0.29, 0.717) is 11.5 Å². The van der Waals surface area contributed by atoms with Crippen LogP contribution >= 0.6 is 11.6 Å². The summed E-state index contributed by atoms with van der Waals surface area (Å²) in [7, 11) is 0. The van der Waals surface area contributed by atoms with E-state index in [1.54, 1.807) is 6.92 Å². The summed E-state index contributed by atoms with van der Waals surface area (Å²) in [6.45, 7) is 1.79. The fourth-order valence-corrected chi connectivity index (χ4v) is 3.77. The third-order valence-electron chi connectivity index (χ3n) is 4.92. The van der Waals surface area contributed by atoms with Crippen molar-refractivity contribution < 1.29 is 22.8 Å². The van der Waals surface area contributed by atoms with Crippen molar-refractivity contribution in [1.29, 1.82) is 0 Å². The number of aromatic nitrogens is 2. The quantitative estimate of drug-likeness (QED) is 0.586. The smallest absolute Gasteiger partial charge is 0.326 e. The first-order chi connectivity index (χ1) is 14.6. The Bertz CT molecular complexity index is 1180. The number of hydrogen-bond acceptors (Lipinski definition) is 3. The summed E-state index contributed by atoms with van der Waals surface area (Å²) in [6.07, 6.45) is -4.95. The van der Waals surface area contributed by atoms with Gasteiger partial charge >= 0.3 is 6.18 Å². The van der Waals surface area contributed by atoms with Crippen LogP contribution in [0.5, 0.6) is 0 Å². The SMILES string of the molecule is Cc1nn2c(c1-c1ccccc1)NC(=O)C2CC(=O)Nc1ccc(Cl)c(C(F)(F)F)c1. The highest BCUT2D eigenvalue weighted by atomic mass is 35.5. The molecule has 0 saturated heterocycles. The van der Waals surface area contributed by atoms with Gasteiger partial charge in [-0.15, -0.1) is 0 Å². The van der Waals surface area contributed by atoms with Gasteiger partial charge < -0.3 is 10.6 Å². The maximum absolute atomic E-state index is 13.0. The molecule has 160 valence electrons. The maximum atomic E-state index is 13.0. The van der Waals surface area contributed by atoms with E-state index in [2.05, 4.69) is 15.7 Å². The van der Waals surface area contributed by atoms with Gasteiger partial charge in [-0.25, -0.2) is 4.68 Å². The fraction of sp³-hybridized carbons (Fsp3) is 0.190. The highest BCUT2D eigenvalue weighted by Crippen LogP contribution is 2.39. The molecule has 2 amide bonds. The van der Waals surface area contributed by atoms with Crippen molar-refractivity contribution in [1.82, 2.24) is 9.78 Å². The second-order valence-corrected chi connectivity index (χ2v) is 7.48. The number of nitrogens with zero attached hydrogens (tertiary/aromatic N) is 2. The summed E-state index contributed by atoms with van der Waals surface area (Å²) in [5.74, 6) is -0.558. The minimum atomic E-state index is -4.65. The van der Waals surface area contributed by atoms with Crippen LogP contribution in [0.2, 0.25) is 5.02 Å². The molecule has 0 radical (unpaired) electrons. The average Bonchev–Trinajstić information content (AvgIpc) is 3.17. The Morgan fingerprint density at radius 3 is 2.61 bits per heavy atom. The zero-order valence-electron chi connectivity index (χ0n) is 16.1. The van der Waals surface area contributed by atoms with E-state index in [4.69, 9.17) is 11.6 Å². The Kier molecular flexibility index (Phi) is 5.22. The third kappa shape index (κ3) is 4.00. The number of carbonyl (C=O) groups is 2. The van der Waals surface area contributed by atoms with Crippen molar-refractivity contribution in [3.8, 4) is 11.1 Å². The van der Waals surface area contributed by atoms with Crippen LogP contribution in [0.15, 0.2) is 48.5 Å². The standard InChI is InChI=1S/C21H16ClF3N4O2/c1-11-18(12-5-3-2-4-6-12)19-27-20(31)16(29(19)28-11)10-17(30)26-13-7-8-15(22)14(9-13)21(23,24)25/h2-9,16H,10H2,1H3,(H,26,30)(H,27,31). The number of hydrogen-bond donors (Lipinski definition) is 2. The molecule has 1 atom stereocenters. The molecule has 31 heavy (non-hydrogen) atoms. The molecule has 1 unspecified atom stereocenters. The highest BCUT2D eigenvalue weighted by Gasteiger charge is 2.37. The van der Waals surface area contributed by atoms with Crippen LogP contribution < -0.4 is 10.6 Å². The summed E-state index contributed by atoms with van der Waals surface area (Å²) in [5, 5.41) is 9.09. The number of rotatable bonds is 4. The normalized spacial score (nSPS) is 15.5. The number of nitrogens with one attached hydrogen (secondary N) is 2. The van der Waals surface area contributed by atoms with Crippen molar-refractivity contribution in [3.63, 3.8) is 0 Å². The van der Waals surface area contributed by atoms with Gasteiger partial charge in [0.15, 0.2) is 0 Å². The van der Waals surface area contributed by atoms with Crippen molar-refractivity contribution in [2.24, 2.45) is 0 Å². The fourth-order valence-electron chi connectivity index (χ4n) is 3.54. The predicted octanol–water partition coefficient (Wildman–Crippen LogP) is 5.05. The maximum Gasteiger partial charge on any atom is 0.417 e. The number of fused-ring (bicyclic) bond motifs is 1. The Balaban J connectivity index is 1.56. The average molecular weight is 449 g/mol. The first kappa shape index (κ1) is 20.9. The zero-order valence-corrected chi connectivity index (χ0v) is 16.9. The molecule has 2 aromatic carbocycles. The summed E-state index contributed by atoms with van der Waals surface area (Å²) in [4.78, 5) is 25.0. The van der Waals surface area contributed by atoms with Gasteiger partial charge in [-0.3, -0.25) is 9.59 Å². The second-order valence-electron chi connectivity index (χ2n) is 7.07. The first-order valence-electron chi connectivity index (χ1n) is 9.27. The van der Waals surface area contributed by atoms with Crippen LogP contribution in [0.3, 0.4) is 0 Å². The third-order valence-corrected chi connectivity index (χ3v) is 5.25. The molecule has 1 aliphatic heterocycles. The molecule has 2 N–H and O–H groups in total. The number of aryl methyl sites for hydroxylation is 1. The molecule has 0 aliphatic carbocycles. The molecule has 0 spiro atoms. The predicted molar refractivity (Wildman–Crippen MR) is 110 cm³/mol. The Morgan fingerprint density at radius 1 is 1.23 bits per heavy atom. The number of anilines is 2.